The molecule has 1 fully saturated rings. The smallest absolute Gasteiger partial charge is 0.354 e. The van der Waals surface area contributed by atoms with Gasteiger partial charge in [0.15, 0.2) is 0 Å². The molecule has 2 rings (SSSR count). The summed E-state index contributed by atoms with van der Waals surface area (Å²) < 4.78 is 0. The molecule has 1 saturated heterocycles. The molecular formula is C15H22N2O2. The molecular weight excluding hydrogens is 240 g/mol. The number of carboxylic acids is 1. The third kappa shape index (κ3) is 3.77. The lowest BCUT2D eigenvalue weighted by atomic mass is 9.98. The SMILES string of the molecule is CCCC1CCCCN1Cc1cccc(C(=O)O)n1. The average molecular weight is 262 g/mol. The molecule has 1 aliphatic heterocycles. The van der Waals surface area contributed by atoms with Crippen molar-refractivity contribution in [2.45, 2.75) is 51.6 Å². The van der Waals surface area contributed by atoms with E-state index in [0.29, 0.717) is 6.04 Å². The molecule has 4 heteroatoms. The first-order chi connectivity index (χ1) is 9.20. The lowest BCUT2D eigenvalue weighted by Crippen LogP contribution is -2.39. The molecule has 1 N–H and O–H groups in total. The van der Waals surface area contributed by atoms with E-state index in [1.165, 1.54) is 32.1 Å². The Bertz CT molecular complexity index is 432. The van der Waals surface area contributed by atoms with Crippen molar-refractivity contribution < 1.29 is 9.90 Å². The third-order valence-corrected chi connectivity index (χ3v) is 3.76. The molecule has 0 aliphatic carbocycles. The molecule has 1 aromatic heterocycles. The van der Waals surface area contributed by atoms with Crippen LogP contribution >= 0.6 is 0 Å². The van der Waals surface area contributed by atoms with Crippen LogP contribution in [0.1, 0.15) is 55.2 Å². The Morgan fingerprint density at radius 1 is 1.47 bits per heavy atom. The van der Waals surface area contributed by atoms with Crippen LogP contribution in [0.3, 0.4) is 0 Å². The minimum absolute atomic E-state index is 0.140. The van der Waals surface area contributed by atoms with E-state index in [1.54, 1.807) is 12.1 Å². The summed E-state index contributed by atoms with van der Waals surface area (Å²) in [4.78, 5) is 17.6. The molecule has 1 atom stereocenters. The fourth-order valence-electron chi connectivity index (χ4n) is 2.82. The standard InChI is InChI=1S/C15H22N2O2/c1-2-6-13-8-3-4-10-17(13)11-12-7-5-9-14(16-12)15(18)19/h5,7,9,13H,2-4,6,8,10-11H2,1H3,(H,18,19). The summed E-state index contributed by atoms with van der Waals surface area (Å²) in [5, 5.41) is 8.98. The highest BCUT2D eigenvalue weighted by Gasteiger charge is 2.22. The lowest BCUT2D eigenvalue weighted by molar-refractivity contribution is 0.0689. The largest absolute Gasteiger partial charge is 0.477 e. The molecule has 4 nitrogen and oxygen atoms in total. The first-order valence-corrected chi connectivity index (χ1v) is 7.14. The van der Waals surface area contributed by atoms with Crippen molar-refractivity contribution >= 4 is 5.97 Å². The Kier molecular flexibility index (Phi) is 4.91. The molecule has 19 heavy (non-hydrogen) atoms. The Balaban J connectivity index is 2.06. The molecule has 1 unspecified atom stereocenters. The van der Waals surface area contributed by atoms with Crippen LogP contribution < -0.4 is 0 Å². The summed E-state index contributed by atoms with van der Waals surface area (Å²) in [5.74, 6) is -0.953. The van der Waals surface area contributed by atoms with Crippen LogP contribution in [0.4, 0.5) is 0 Å². The Hall–Kier alpha value is -1.42. The number of rotatable bonds is 5. The van der Waals surface area contributed by atoms with Gasteiger partial charge in [0.25, 0.3) is 0 Å². The van der Waals surface area contributed by atoms with Gasteiger partial charge in [-0.2, -0.15) is 0 Å². The van der Waals surface area contributed by atoms with E-state index in [4.69, 9.17) is 5.11 Å². The highest BCUT2D eigenvalue weighted by atomic mass is 16.4. The number of carbonyl (C=O) groups is 1. The van der Waals surface area contributed by atoms with E-state index in [1.807, 2.05) is 6.07 Å². The van der Waals surface area contributed by atoms with Gasteiger partial charge in [-0.25, -0.2) is 9.78 Å². The molecule has 1 aromatic rings. The zero-order valence-electron chi connectivity index (χ0n) is 11.5. The fourth-order valence-corrected chi connectivity index (χ4v) is 2.82. The second kappa shape index (κ2) is 6.66. The number of carboxylic acid groups (broad SMARTS) is 1. The first-order valence-electron chi connectivity index (χ1n) is 7.14. The second-order valence-corrected chi connectivity index (χ2v) is 5.23. The maximum atomic E-state index is 10.9. The second-order valence-electron chi connectivity index (χ2n) is 5.23. The van der Waals surface area contributed by atoms with Crippen LogP contribution in [0.25, 0.3) is 0 Å². The van der Waals surface area contributed by atoms with E-state index in [-0.39, 0.29) is 5.69 Å². The highest BCUT2D eigenvalue weighted by molar-refractivity contribution is 5.85. The van der Waals surface area contributed by atoms with Crippen LogP contribution in [0.5, 0.6) is 0 Å². The number of aromatic carboxylic acids is 1. The zero-order valence-corrected chi connectivity index (χ0v) is 11.5. The van der Waals surface area contributed by atoms with Crippen molar-refractivity contribution in [1.82, 2.24) is 9.88 Å². The van der Waals surface area contributed by atoms with Crippen LogP contribution in [0, 0.1) is 0 Å². The number of likely N-dealkylation sites (tertiary alicyclic amines) is 1. The third-order valence-electron chi connectivity index (χ3n) is 3.76. The van der Waals surface area contributed by atoms with Gasteiger partial charge in [-0.3, -0.25) is 4.90 Å². The number of aromatic nitrogens is 1. The number of hydrogen-bond acceptors (Lipinski definition) is 3. The maximum Gasteiger partial charge on any atom is 0.354 e. The van der Waals surface area contributed by atoms with Gasteiger partial charge in [-0.15, -0.1) is 0 Å². The maximum absolute atomic E-state index is 10.9. The van der Waals surface area contributed by atoms with E-state index in [0.717, 1.165) is 18.8 Å². The van der Waals surface area contributed by atoms with Gasteiger partial charge in [0.05, 0.1) is 5.69 Å². The Morgan fingerprint density at radius 3 is 3.05 bits per heavy atom. The first kappa shape index (κ1) is 14.0. The van der Waals surface area contributed by atoms with Gasteiger partial charge in [-0.05, 0) is 37.9 Å². The monoisotopic (exact) mass is 262 g/mol. The van der Waals surface area contributed by atoms with Gasteiger partial charge in [0.1, 0.15) is 5.69 Å². The summed E-state index contributed by atoms with van der Waals surface area (Å²) in [6.45, 7) is 4.09. The summed E-state index contributed by atoms with van der Waals surface area (Å²) in [6, 6.07) is 5.88. The molecule has 0 radical (unpaired) electrons. The van der Waals surface area contributed by atoms with Gasteiger partial charge < -0.3 is 5.11 Å². The number of nitrogens with zero attached hydrogens (tertiary/aromatic N) is 2. The molecule has 0 aromatic carbocycles. The normalized spacial score (nSPS) is 20.4. The van der Waals surface area contributed by atoms with E-state index in [9.17, 15) is 4.79 Å². The highest BCUT2D eigenvalue weighted by Crippen LogP contribution is 2.22. The van der Waals surface area contributed by atoms with Crippen molar-refractivity contribution in [3.63, 3.8) is 0 Å². The van der Waals surface area contributed by atoms with Crippen molar-refractivity contribution in [3.05, 3.63) is 29.6 Å². The van der Waals surface area contributed by atoms with Crippen molar-refractivity contribution in [2.24, 2.45) is 0 Å². The predicted molar refractivity (Wildman–Crippen MR) is 74.2 cm³/mol. The minimum Gasteiger partial charge on any atom is -0.477 e. The summed E-state index contributed by atoms with van der Waals surface area (Å²) >= 11 is 0. The molecule has 2 heterocycles. The number of hydrogen-bond donors (Lipinski definition) is 1. The topological polar surface area (TPSA) is 53.4 Å². The van der Waals surface area contributed by atoms with Crippen molar-refractivity contribution in [2.75, 3.05) is 6.54 Å². The van der Waals surface area contributed by atoms with E-state index < -0.39 is 5.97 Å². The van der Waals surface area contributed by atoms with E-state index in [2.05, 4.69) is 16.8 Å². The Morgan fingerprint density at radius 2 is 2.32 bits per heavy atom. The van der Waals surface area contributed by atoms with Crippen LogP contribution in [-0.4, -0.2) is 33.5 Å². The van der Waals surface area contributed by atoms with Gasteiger partial charge in [0, 0.05) is 12.6 Å². The van der Waals surface area contributed by atoms with Gasteiger partial charge in [0.2, 0.25) is 0 Å². The van der Waals surface area contributed by atoms with Gasteiger partial charge >= 0.3 is 5.97 Å². The summed E-state index contributed by atoms with van der Waals surface area (Å²) in [6.07, 6.45) is 6.22. The lowest BCUT2D eigenvalue weighted by Gasteiger charge is -2.35. The molecule has 0 amide bonds. The molecule has 104 valence electrons. The van der Waals surface area contributed by atoms with Crippen molar-refractivity contribution in [1.29, 1.82) is 0 Å². The molecule has 1 aliphatic rings. The Labute approximate surface area is 114 Å². The number of piperidine rings is 1. The van der Waals surface area contributed by atoms with Crippen LogP contribution in [-0.2, 0) is 6.54 Å². The molecule has 0 bridgehead atoms. The fraction of sp³-hybridized carbons (Fsp3) is 0.600. The van der Waals surface area contributed by atoms with Crippen molar-refractivity contribution in [3.8, 4) is 0 Å². The molecule has 0 saturated carbocycles. The quantitative estimate of drug-likeness (QED) is 0.886. The van der Waals surface area contributed by atoms with E-state index >= 15 is 0 Å². The molecule has 0 spiro atoms. The summed E-state index contributed by atoms with van der Waals surface area (Å²) in [5.41, 5.74) is 1.00. The summed E-state index contributed by atoms with van der Waals surface area (Å²) in [7, 11) is 0. The van der Waals surface area contributed by atoms with Crippen LogP contribution in [0.2, 0.25) is 0 Å². The average Bonchev–Trinajstić information content (AvgIpc) is 2.41. The van der Waals surface area contributed by atoms with Crippen LogP contribution in [0.15, 0.2) is 18.2 Å². The number of pyridine rings is 1. The minimum atomic E-state index is -0.953. The van der Waals surface area contributed by atoms with Gasteiger partial charge in [-0.1, -0.05) is 25.8 Å². The predicted octanol–water partition coefficient (Wildman–Crippen LogP) is 2.93. The zero-order chi connectivity index (χ0) is 13.7.